The van der Waals surface area contributed by atoms with Crippen LogP contribution < -0.4 is 5.32 Å². The van der Waals surface area contributed by atoms with Gasteiger partial charge in [0.1, 0.15) is 6.54 Å². The van der Waals surface area contributed by atoms with Crippen LogP contribution in [0.2, 0.25) is 5.02 Å². The number of carbonyl (C=O) groups is 1. The number of benzene rings is 2. The second kappa shape index (κ2) is 9.14. The Morgan fingerprint density at radius 3 is 2.53 bits per heavy atom. The van der Waals surface area contributed by atoms with Crippen molar-refractivity contribution in [3.63, 3.8) is 0 Å². The number of halogens is 4. The van der Waals surface area contributed by atoms with E-state index in [4.69, 9.17) is 11.6 Å². The second-order valence-corrected chi connectivity index (χ2v) is 8.12. The lowest BCUT2D eigenvalue weighted by atomic mass is 10.1. The average Bonchev–Trinajstić information content (AvgIpc) is 3.04. The molecule has 0 saturated heterocycles. The van der Waals surface area contributed by atoms with Gasteiger partial charge in [-0.1, -0.05) is 59.8 Å². The van der Waals surface area contributed by atoms with Gasteiger partial charge in [-0.25, -0.2) is 4.98 Å². The summed E-state index contributed by atoms with van der Waals surface area (Å²) in [4.78, 5) is 16.5. The molecule has 3 aromatic rings. The van der Waals surface area contributed by atoms with Crippen LogP contribution >= 0.6 is 23.4 Å². The topological polar surface area (TPSA) is 46.9 Å². The normalized spacial score (nSPS) is 11.5. The van der Waals surface area contributed by atoms with Gasteiger partial charge in [-0.2, -0.15) is 13.2 Å². The third-order valence-electron chi connectivity index (χ3n) is 4.25. The number of hydrogen-bond acceptors (Lipinski definition) is 3. The Morgan fingerprint density at radius 1 is 1.20 bits per heavy atom. The number of thioether (sulfide) groups is 1. The fourth-order valence-corrected chi connectivity index (χ4v) is 4.17. The molecule has 2 aromatic carbocycles. The van der Waals surface area contributed by atoms with Crippen LogP contribution in [0, 0.1) is 13.8 Å². The maximum absolute atomic E-state index is 13.2. The van der Waals surface area contributed by atoms with Crippen LogP contribution in [0.1, 0.15) is 11.1 Å². The molecule has 0 atom stereocenters. The maximum Gasteiger partial charge on any atom is 0.406 e. The second-order valence-electron chi connectivity index (χ2n) is 6.77. The summed E-state index contributed by atoms with van der Waals surface area (Å²) < 4.78 is 40.5. The van der Waals surface area contributed by atoms with E-state index in [1.54, 1.807) is 36.4 Å². The van der Waals surface area contributed by atoms with Gasteiger partial charge < -0.3 is 9.88 Å². The van der Waals surface area contributed by atoms with Crippen molar-refractivity contribution in [3.05, 3.63) is 64.8 Å². The van der Waals surface area contributed by atoms with Gasteiger partial charge in [-0.3, -0.25) is 4.79 Å². The fourth-order valence-electron chi connectivity index (χ4n) is 3.02. The van der Waals surface area contributed by atoms with Crippen LogP contribution in [0.5, 0.6) is 0 Å². The first-order valence-electron chi connectivity index (χ1n) is 9.01. The Labute approximate surface area is 181 Å². The molecule has 0 bridgehead atoms. The van der Waals surface area contributed by atoms with E-state index in [1.807, 2.05) is 19.9 Å². The first-order valence-corrected chi connectivity index (χ1v) is 10.4. The predicted octanol–water partition coefficient (Wildman–Crippen LogP) is 6.11. The Kier molecular flexibility index (Phi) is 6.77. The summed E-state index contributed by atoms with van der Waals surface area (Å²) in [5, 5.41) is 3.26. The van der Waals surface area contributed by atoms with Gasteiger partial charge in [0.25, 0.3) is 0 Å². The zero-order chi connectivity index (χ0) is 21.9. The molecule has 0 fully saturated rings. The molecule has 0 unspecified atom stereocenters. The summed E-state index contributed by atoms with van der Waals surface area (Å²) in [6.07, 6.45) is -3.03. The van der Waals surface area contributed by atoms with Crippen molar-refractivity contribution >= 4 is 35.0 Å². The van der Waals surface area contributed by atoms with Crippen LogP contribution in [-0.4, -0.2) is 27.4 Å². The van der Waals surface area contributed by atoms with Crippen LogP contribution in [0.3, 0.4) is 0 Å². The molecule has 1 aromatic heterocycles. The molecule has 9 heteroatoms. The highest BCUT2D eigenvalue weighted by Gasteiger charge is 2.31. The highest BCUT2D eigenvalue weighted by atomic mass is 35.5. The fraction of sp³-hybridized carbons (Fsp3) is 0.238. The number of rotatable bonds is 6. The predicted molar refractivity (Wildman–Crippen MR) is 114 cm³/mol. The minimum atomic E-state index is -4.42. The van der Waals surface area contributed by atoms with E-state index in [9.17, 15) is 18.0 Å². The smallest absolute Gasteiger partial charge is 0.324 e. The number of aryl methyl sites for hydroxylation is 2. The van der Waals surface area contributed by atoms with E-state index >= 15 is 0 Å². The Bertz CT molecular complexity index is 1030. The van der Waals surface area contributed by atoms with Crippen molar-refractivity contribution in [2.45, 2.75) is 31.7 Å². The van der Waals surface area contributed by atoms with E-state index in [1.165, 1.54) is 6.20 Å². The highest BCUT2D eigenvalue weighted by molar-refractivity contribution is 7.99. The van der Waals surface area contributed by atoms with Crippen molar-refractivity contribution in [2.75, 3.05) is 11.1 Å². The first-order chi connectivity index (χ1) is 14.1. The monoisotopic (exact) mass is 453 g/mol. The number of nitrogens with one attached hydrogen (secondary N) is 1. The van der Waals surface area contributed by atoms with Gasteiger partial charge in [0, 0.05) is 0 Å². The van der Waals surface area contributed by atoms with E-state index in [0.29, 0.717) is 22.0 Å². The molecule has 0 aliphatic rings. The summed E-state index contributed by atoms with van der Waals surface area (Å²) in [5.41, 5.74) is 3.23. The maximum atomic E-state index is 13.2. The SMILES string of the molecule is Cc1cc(C)c(NC(=O)CSc2ncc(-c3ccccc3)n2CC(F)(F)F)c(Cl)c1. The van der Waals surface area contributed by atoms with E-state index in [0.717, 1.165) is 27.5 Å². The third-order valence-corrected chi connectivity index (χ3v) is 5.54. The molecule has 1 heterocycles. The van der Waals surface area contributed by atoms with Crippen molar-refractivity contribution in [1.29, 1.82) is 0 Å². The Hall–Kier alpha value is -2.45. The molecular formula is C21H19ClF3N3OS. The summed E-state index contributed by atoms with van der Waals surface area (Å²) >= 11 is 7.14. The van der Waals surface area contributed by atoms with Crippen LogP contribution in [0.25, 0.3) is 11.3 Å². The summed E-state index contributed by atoms with van der Waals surface area (Å²) in [7, 11) is 0. The molecule has 0 saturated carbocycles. The molecule has 158 valence electrons. The summed E-state index contributed by atoms with van der Waals surface area (Å²) in [6, 6.07) is 12.3. The Balaban J connectivity index is 1.78. The molecule has 1 amide bonds. The van der Waals surface area contributed by atoms with Gasteiger partial charge in [-0.15, -0.1) is 0 Å². The van der Waals surface area contributed by atoms with Crippen molar-refractivity contribution in [2.24, 2.45) is 0 Å². The van der Waals surface area contributed by atoms with Crippen molar-refractivity contribution < 1.29 is 18.0 Å². The molecule has 1 N–H and O–H groups in total. The number of nitrogens with zero attached hydrogens (tertiary/aromatic N) is 2. The number of anilines is 1. The van der Waals surface area contributed by atoms with Crippen molar-refractivity contribution in [1.82, 2.24) is 9.55 Å². The number of aromatic nitrogens is 2. The number of amides is 1. The molecule has 0 aliphatic carbocycles. The van der Waals surface area contributed by atoms with Crippen LogP contribution in [-0.2, 0) is 11.3 Å². The van der Waals surface area contributed by atoms with Gasteiger partial charge >= 0.3 is 6.18 Å². The largest absolute Gasteiger partial charge is 0.406 e. The molecule has 30 heavy (non-hydrogen) atoms. The molecule has 0 radical (unpaired) electrons. The molecular weight excluding hydrogens is 435 g/mol. The zero-order valence-corrected chi connectivity index (χ0v) is 17.8. The number of hydrogen-bond donors (Lipinski definition) is 1. The van der Waals surface area contributed by atoms with E-state index in [-0.39, 0.29) is 16.8 Å². The van der Waals surface area contributed by atoms with Crippen LogP contribution in [0.15, 0.2) is 53.8 Å². The first kappa shape index (κ1) is 22.2. The van der Waals surface area contributed by atoms with Gasteiger partial charge in [0.2, 0.25) is 5.91 Å². The quantitative estimate of drug-likeness (QED) is 0.458. The molecule has 3 rings (SSSR count). The minimum Gasteiger partial charge on any atom is -0.324 e. The van der Waals surface area contributed by atoms with Gasteiger partial charge in [0.05, 0.1) is 28.4 Å². The standard InChI is InChI=1S/C21H19ClF3N3OS/c1-13-8-14(2)19(16(22)9-13)27-18(29)11-30-20-26-10-17(15-6-4-3-5-7-15)28(20)12-21(23,24)25/h3-10H,11-12H2,1-2H3,(H,27,29). The van der Waals surface area contributed by atoms with E-state index in [2.05, 4.69) is 10.3 Å². The summed E-state index contributed by atoms with van der Waals surface area (Å²) in [5.74, 6) is -0.482. The number of carbonyl (C=O) groups excluding carboxylic acids is 1. The minimum absolute atomic E-state index is 0.104. The zero-order valence-electron chi connectivity index (χ0n) is 16.3. The van der Waals surface area contributed by atoms with E-state index < -0.39 is 12.7 Å². The Morgan fingerprint density at radius 2 is 1.90 bits per heavy atom. The average molecular weight is 454 g/mol. The highest BCUT2D eigenvalue weighted by Crippen LogP contribution is 2.31. The molecule has 0 aliphatic heterocycles. The van der Waals surface area contributed by atoms with Crippen molar-refractivity contribution in [3.8, 4) is 11.3 Å². The lowest BCUT2D eigenvalue weighted by Gasteiger charge is -2.14. The number of alkyl halides is 3. The molecule has 0 spiro atoms. The third kappa shape index (κ3) is 5.58. The lowest BCUT2D eigenvalue weighted by Crippen LogP contribution is -2.20. The van der Waals surface area contributed by atoms with Gasteiger partial charge in [0.15, 0.2) is 5.16 Å². The van der Waals surface area contributed by atoms with Crippen LogP contribution in [0.4, 0.5) is 18.9 Å². The number of imidazole rings is 1. The lowest BCUT2D eigenvalue weighted by molar-refractivity contribution is -0.141. The summed E-state index contributed by atoms with van der Waals surface area (Å²) in [6.45, 7) is 2.53. The molecule has 4 nitrogen and oxygen atoms in total. The van der Waals surface area contributed by atoms with Gasteiger partial charge in [-0.05, 0) is 36.6 Å².